The van der Waals surface area contributed by atoms with E-state index < -0.39 is 29.4 Å². The van der Waals surface area contributed by atoms with Gasteiger partial charge in [-0.15, -0.1) is 0 Å². The normalized spacial score (nSPS) is 21.7. The van der Waals surface area contributed by atoms with Crippen molar-refractivity contribution in [1.29, 1.82) is 0 Å². The molecule has 4 amide bonds. The standard InChI is InChI=1S/C20H24N3O5.W/c1-13-11-14(20(28)7-9-22(2)10-8-20)3-4-15(13)19(27)23(12-24)16-5-6-17(25)21-18(16)26;/h3-4,11-12,16,28H,2,5-10H2,1H3,(H,21,25,26);/q-1;. The smallest absolute Gasteiger partial charge is 0.261 e. The fourth-order valence-electron chi connectivity index (χ4n) is 3.75. The monoisotopic (exact) mass is 570 g/mol. The molecule has 2 fully saturated rings. The molecule has 8 nitrogen and oxygen atoms in total. The first kappa shape index (κ1) is 23.4. The van der Waals surface area contributed by atoms with Crippen molar-refractivity contribution in [2.75, 3.05) is 13.1 Å². The van der Waals surface area contributed by atoms with E-state index in [-0.39, 0.29) is 39.5 Å². The molecule has 0 spiro atoms. The molecule has 1 aromatic rings. The number of hydrogen-bond donors (Lipinski definition) is 2. The average Bonchev–Trinajstić information content (AvgIpc) is 2.66. The van der Waals surface area contributed by atoms with Gasteiger partial charge in [-0.25, -0.2) is 0 Å². The molecule has 3 rings (SSSR count). The van der Waals surface area contributed by atoms with E-state index in [9.17, 15) is 24.3 Å². The van der Waals surface area contributed by atoms with Gasteiger partial charge in [0.1, 0.15) is 6.04 Å². The quantitative estimate of drug-likeness (QED) is 0.310. The van der Waals surface area contributed by atoms with Crippen molar-refractivity contribution in [1.82, 2.24) is 15.1 Å². The second-order valence-electron chi connectivity index (χ2n) is 7.46. The predicted octanol–water partition coefficient (Wildman–Crippen LogP) is 0.471. The molecule has 0 saturated carbocycles. The van der Waals surface area contributed by atoms with Crippen molar-refractivity contribution in [3.05, 3.63) is 41.9 Å². The van der Waals surface area contributed by atoms with E-state index in [1.807, 2.05) is 4.90 Å². The van der Waals surface area contributed by atoms with Crippen LogP contribution in [0.15, 0.2) is 18.2 Å². The Labute approximate surface area is 183 Å². The fourth-order valence-corrected chi connectivity index (χ4v) is 3.75. The van der Waals surface area contributed by atoms with E-state index in [4.69, 9.17) is 0 Å². The summed E-state index contributed by atoms with van der Waals surface area (Å²) in [7, 11) is 3.88. The third kappa shape index (κ3) is 4.82. The van der Waals surface area contributed by atoms with Gasteiger partial charge in [-0.1, -0.05) is 12.1 Å². The largest absolute Gasteiger partial charge is 0.459 e. The Morgan fingerprint density at radius 2 is 2.00 bits per heavy atom. The molecule has 1 unspecified atom stereocenters. The summed E-state index contributed by atoms with van der Waals surface area (Å²) in [6.45, 7) is 3.07. The number of aryl methyl sites for hydroxylation is 1. The molecule has 2 N–H and O–H groups in total. The number of benzene rings is 1. The maximum Gasteiger partial charge on any atom is 0.261 e. The van der Waals surface area contributed by atoms with Crippen LogP contribution >= 0.6 is 0 Å². The minimum Gasteiger partial charge on any atom is -0.459 e. The molecule has 0 aliphatic carbocycles. The molecule has 29 heavy (non-hydrogen) atoms. The summed E-state index contributed by atoms with van der Waals surface area (Å²) in [5.74, 6) is -1.67. The predicted molar refractivity (Wildman–Crippen MR) is 99.6 cm³/mol. The number of nitrogens with zero attached hydrogens (tertiary/aromatic N) is 2. The van der Waals surface area contributed by atoms with Crippen LogP contribution in [-0.2, 0) is 41.0 Å². The first-order valence-corrected chi connectivity index (χ1v) is 9.26. The Kier molecular flexibility index (Phi) is 7.49. The average molecular weight is 570 g/mol. The van der Waals surface area contributed by atoms with Crippen LogP contribution in [0, 0.1) is 14.0 Å². The number of imide groups is 2. The van der Waals surface area contributed by atoms with E-state index in [0.29, 0.717) is 43.5 Å². The third-order valence-electron chi connectivity index (χ3n) is 5.57. The first-order chi connectivity index (χ1) is 13.2. The summed E-state index contributed by atoms with van der Waals surface area (Å²) >= 11 is 0. The Hall–Kier alpha value is -1.89. The van der Waals surface area contributed by atoms with Gasteiger partial charge in [-0.3, -0.25) is 36.4 Å². The number of likely N-dealkylation sites (tertiary alicyclic amines) is 1. The van der Waals surface area contributed by atoms with Gasteiger partial charge in [0.15, 0.2) is 0 Å². The van der Waals surface area contributed by atoms with E-state index in [0.717, 1.165) is 4.90 Å². The molecule has 1 atom stereocenters. The molecule has 0 radical (unpaired) electrons. The molecule has 0 bridgehead atoms. The van der Waals surface area contributed by atoms with Crippen LogP contribution in [0.2, 0.25) is 0 Å². The van der Waals surface area contributed by atoms with Crippen molar-refractivity contribution in [2.24, 2.45) is 0 Å². The molecular formula is C20H24N3O5W-. The summed E-state index contributed by atoms with van der Waals surface area (Å²) in [4.78, 5) is 50.5. The molecule has 2 heterocycles. The minimum absolute atomic E-state index is 0. The summed E-state index contributed by atoms with van der Waals surface area (Å²) in [5.41, 5.74) is 0.619. The molecule has 156 valence electrons. The fraction of sp³-hybridized carbons (Fsp3) is 0.450. The number of rotatable bonds is 4. The van der Waals surface area contributed by atoms with Crippen molar-refractivity contribution >= 4 is 24.1 Å². The first-order valence-electron chi connectivity index (χ1n) is 9.26. The maximum absolute atomic E-state index is 12.9. The van der Waals surface area contributed by atoms with Gasteiger partial charge < -0.3 is 10.0 Å². The van der Waals surface area contributed by atoms with Crippen LogP contribution in [0.5, 0.6) is 0 Å². The van der Waals surface area contributed by atoms with Crippen LogP contribution in [0.25, 0.3) is 0 Å². The van der Waals surface area contributed by atoms with Crippen LogP contribution in [0.3, 0.4) is 0 Å². The SMILES string of the molecule is [CH2-]N1CCC(O)(c2ccc(C(=O)N(C=O)C3CCC(=O)NC3=O)c(C)c2)CC1.[W]. The zero-order chi connectivity index (χ0) is 20.5. The summed E-state index contributed by atoms with van der Waals surface area (Å²) < 4.78 is 0. The van der Waals surface area contributed by atoms with E-state index in [2.05, 4.69) is 12.4 Å². The number of aliphatic hydroxyl groups is 1. The maximum atomic E-state index is 12.9. The van der Waals surface area contributed by atoms with Crippen molar-refractivity contribution < 1.29 is 45.3 Å². The van der Waals surface area contributed by atoms with Crippen molar-refractivity contribution in [3.8, 4) is 0 Å². The van der Waals surface area contributed by atoms with Crippen LogP contribution < -0.4 is 5.32 Å². The summed E-state index contributed by atoms with van der Waals surface area (Å²) in [5, 5.41) is 13.1. The number of carbonyl (C=O) groups excluding carboxylic acids is 4. The second-order valence-corrected chi connectivity index (χ2v) is 7.46. The Morgan fingerprint density at radius 1 is 1.34 bits per heavy atom. The van der Waals surface area contributed by atoms with E-state index in [1.54, 1.807) is 25.1 Å². The Balaban J connectivity index is 0.00000300. The number of nitrogens with one attached hydrogen (secondary N) is 1. The minimum atomic E-state index is -1.01. The van der Waals surface area contributed by atoms with E-state index in [1.165, 1.54) is 0 Å². The molecule has 9 heteroatoms. The zero-order valence-electron chi connectivity index (χ0n) is 16.2. The van der Waals surface area contributed by atoms with Crippen LogP contribution in [0.1, 0.15) is 47.2 Å². The van der Waals surface area contributed by atoms with Gasteiger partial charge in [0.05, 0.1) is 5.60 Å². The van der Waals surface area contributed by atoms with Gasteiger partial charge in [-0.2, -0.15) is 0 Å². The molecule has 2 saturated heterocycles. The zero-order valence-corrected chi connectivity index (χ0v) is 19.2. The Morgan fingerprint density at radius 3 is 2.55 bits per heavy atom. The molecule has 0 aromatic heterocycles. The number of piperidine rings is 2. The molecular weight excluding hydrogens is 546 g/mol. The summed E-state index contributed by atoms with van der Waals surface area (Å²) in [6, 6.07) is 4.00. The topological polar surface area (TPSA) is 107 Å². The molecule has 1 aromatic carbocycles. The molecule has 2 aliphatic rings. The number of carbonyl (C=O) groups is 4. The van der Waals surface area contributed by atoms with Gasteiger partial charge in [0.2, 0.25) is 18.2 Å². The number of hydrogen-bond acceptors (Lipinski definition) is 6. The van der Waals surface area contributed by atoms with Crippen molar-refractivity contribution in [3.63, 3.8) is 0 Å². The van der Waals surface area contributed by atoms with Gasteiger partial charge >= 0.3 is 0 Å². The van der Waals surface area contributed by atoms with Gasteiger partial charge in [0.25, 0.3) is 5.91 Å². The summed E-state index contributed by atoms with van der Waals surface area (Å²) in [6.07, 6.45) is 1.59. The third-order valence-corrected chi connectivity index (χ3v) is 5.57. The van der Waals surface area contributed by atoms with Gasteiger partial charge in [0, 0.05) is 33.0 Å². The number of amides is 4. The van der Waals surface area contributed by atoms with Crippen LogP contribution in [0.4, 0.5) is 0 Å². The van der Waals surface area contributed by atoms with E-state index >= 15 is 0 Å². The second kappa shape index (κ2) is 9.28. The molecule has 2 aliphatic heterocycles. The van der Waals surface area contributed by atoms with Crippen molar-refractivity contribution in [2.45, 2.75) is 44.2 Å². The van der Waals surface area contributed by atoms with Crippen LogP contribution in [-0.4, -0.2) is 58.2 Å². The Bertz CT molecular complexity index is 820. The van der Waals surface area contributed by atoms with Gasteiger partial charge in [-0.05, 0) is 56.5 Å².